The molecule has 0 aromatic carbocycles. The molecule has 1 atom stereocenters. The number of hydrogen-bond acceptors (Lipinski definition) is 4. The highest BCUT2D eigenvalue weighted by Crippen LogP contribution is 2.16. The molecular weight excluding hydrogens is 222 g/mol. The molecular formula is C8H13NO5S. The van der Waals surface area contributed by atoms with Crippen molar-refractivity contribution in [1.82, 2.24) is 5.32 Å². The van der Waals surface area contributed by atoms with Gasteiger partial charge in [-0.2, -0.15) is 0 Å². The van der Waals surface area contributed by atoms with Crippen LogP contribution in [0.5, 0.6) is 0 Å². The third-order valence-corrected chi connectivity index (χ3v) is 2.77. The lowest BCUT2D eigenvalue weighted by molar-refractivity contribution is -0.142. The van der Waals surface area contributed by atoms with Crippen molar-refractivity contribution in [2.75, 3.05) is 12.8 Å². The molecule has 0 saturated carbocycles. The van der Waals surface area contributed by atoms with E-state index < -0.39 is 23.6 Å². The molecule has 1 amide bonds. The molecule has 6 nitrogen and oxygen atoms in total. The summed E-state index contributed by atoms with van der Waals surface area (Å²) >= 11 is 0.960. The standard InChI is InChI=1S/C8H13NO5S/c1-9-6(10)2-3-15-5(8(13)14)4-7(11)12/h5H,2-4H2,1H3,(H,9,10)(H,11,12)(H,13,14). The Bertz CT molecular complexity index is 255. The fourth-order valence-corrected chi connectivity index (χ4v) is 1.79. The van der Waals surface area contributed by atoms with Crippen molar-refractivity contribution in [2.45, 2.75) is 18.1 Å². The van der Waals surface area contributed by atoms with Gasteiger partial charge in [0.2, 0.25) is 5.91 Å². The maximum absolute atomic E-state index is 10.8. The molecule has 0 aliphatic rings. The largest absolute Gasteiger partial charge is 0.481 e. The smallest absolute Gasteiger partial charge is 0.317 e. The van der Waals surface area contributed by atoms with Crippen LogP contribution in [0.15, 0.2) is 0 Å². The van der Waals surface area contributed by atoms with Crippen LogP contribution in [0.25, 0.3) is 0 Å². The van der Waals surface area contributed by atoms with Crippen molar-refractivity contribution >= 4 is 29.6 Å². The van der Waals surface area contributed by atoms with Crippen LogP contribution < -0.4 is 5.32 Å². The number of rotatable bonds is 7. The predicted octanol–water partition coefficient (Wildman–Crippen LogP) is -0.216. The summed E-state index contributed by atoms with van der Waals surface area (Å²) in [5.41, 5.74) is 0. The molecule has 0 rings (SSSR count). The van der Waals surface area contributed by atoms with Gasteiger partial charge < -0.3 is 15.5 Å². The lowest BCUT2D eigenvalue weighted by Gasteiger charge is -2.08. The van der Waals surface area contributed by atoms with Gasteiger partial charge in [0.05, 0.1) is 6.42 Å². The highest BCUT2D eigenvalue weighted by atomic mass is 32.2. The first-order chi connectivity index (χ1) is 6.97. The van der Waals surface area contributed by atoms with Crippen molar-refractivity contribution in [2.24, 2.45) is 0 Å². The number of thioether (sulfide) groups is 1. The first kappa shape index (κ1) is 13.8. The number of nitrogens with one attached hydrogen (secondary N) is 1. The summed E-state index contributed by atoms with van der Waals surface area (Å²) in [6, 6.07) is 0. The van der Waals surface area contributed by atoms with Crippen LogP contribution in [0.3, 0.4) is 0 Å². The minimum atomic E-state index is -1.17. The van der Waals surface area contributed by atoms with Crippen LogP contribution in [-0.2, 0) is 14.4 Å². The molecule has 0 aliphatic carbocycles. The van der Waals surface area contributed by atoms with Crippen LogP contribution in [-0.4, -0.2) is 46.1 Å². The topological polar surface area (TPSA) is 104 Å². The second kappa shape index (κ2) is 7.10. The van der Waals surface area contributed by atoms with Crippen molar-refractivity contribution in [3.8, 4) is 0 Å². The molecule has 0 radical (unpaired) electrons. The number of aliphatic carboxylic acids is 2. The minimum Gasteiger partial charge on any atom is -0.481 e. The fourth-order valence-electron chi connectivity index (χ4n) is 0.795. The molecule has 0 aromatic heterocycles. The zero-order valence-corrected chi connectivity index (χ0v) is 9.04. The molecule has 3 N–H and O–H groups in total. The second-order valence-electron chi connectivity index (χ2n) is 2.72. The van der Waals surface area contributed by atoms with E-state index in [1.54, 1.807) is 0 Å². The van der Waals surface area contributed by atoms with Crippen LogP contribution in [0.2, 0.25) is 0 Å². The molecule has 0 spiro atoms. The molecule has 7 heteroatoms. The van der Waals surface area contributed by atoms with Gasteiger partial charge in [-0.25, -0.2) is 0 Å². The Balaban J connectivity index is 3.91. The average molecular weight is 235 g/mol. The summed E-state index contributed by atoms with van der Waals surface area (Å²) in [4.78, 5) is 31.7. The van der Waals surface area contributed by atoms with E-state index in [1.807, 2.05) is 0 Å². The van der Waals surface area contributed by atoms with E-state index in [9.17, 15) is 14.4 Å². The van der Waals surface area contributed by atoms with Gasteiger partial charge in [-0.05, 0) is 0 Å². The third kappa shape index (κ3) is 6.78. The SMILES string of the molecule is CNC(=O)CCSC(CC(=O)O)C(=O)O. The van der Waals surface area contributed by atoms with E-state index in [4.69, 9.17) is 10.2 Å². The number of carboxylic acid groups (broad SMARTS) is 2. The minimum absolute atomic E-state index is 0.185. The summed E-state index contributed by atoms with van der Waals surface area (Å²) in [5, 5.41) is 18.5. The van der Waals surface area contributed by atoms with Gasteiger partial charge in [0.25, 0.3) is 0 Å². The maximum atomic E-state index is 10.8. The Morgan fingerprint density at radius 3 is 2.33 bits per heavy atom. The van der Waals surface area contributed by atoms with E-state index in [1.165, 1.54) is 7.05 Å². The maximum Gasteiger partial charge on any atom is 0.317 e. The number of hydrogen-bond donors (Lipinski definition) is 3. The van der Waals surface area contributed by atoms with E-state index >= 15 is 0 Å². The van der Waals surface area contributed by atoms with Gasteiger partial charge in [-0.15, -0.1) is 11.8 Å². The van der Waals surface area contributed by atoms with Gasteiger partial charge in [-0.3, -0.25) is 14.4 Å². The van der Waals surface area contributed by atoms with Crippen molar-refractivity contribution < 1.29 is 24.6 Å². The fraction of sp³-hybridized carbons (Fsp3) is 0.625. The van der Waals surface area contributed by atoms with Crippen LogP contribution in [0.4, 0.5) is 0 Å². The number of amides is 1. The first-order valence-corrected chi connectivity index (χ1v) is 5.29. The van der Waals surface area contributed by atoms with Gasteiger partial charge >= 0.3 is 11.9 Å². The van der Waals surface area contributed by atoms with Gasteiger partial charge in [0.15, 0.2) is 0 Å². The molecule has 0 fully saturated rings. The first-order valence-electron chi connectivity index (χ1n) is 4.24. The van der Waals surface area contributed by atoms with Gasteiger partial charge in [-0.1, -0.05) is 0 Å². The lowest BCUT2D eigenvalue weighted by Crippen LogP contribution is -2.23. The zero-order chi connectivity index (χ0) is 11.8. The summed E-state index contributed by atoms with van der Waals surface area (Å²) in [5.74, 6) is -2.22. The monoisotopic (exact) mass is 235 g/mol. The number of carbonyl (C=O) groups is 3. The van der Waals surface area contributed by atoms with Crippen molar-refractivity contribution in [1.29, 1.82) is 0 Å². The summed E-state index contributed by atoms with van der Waals surface area (Å²) in [7, 11) is 1.49. The van der Waals surface area contributed by atoms with Crippen molar-refractivity contribution in [3.05, 3.63) is 0 Å². The third-order valence-electron chi connectivity index (χ3n) is 1.56. The molecule has 0 heterocycles. The quantitative estimate of drug-likeness (QED) is 0.563. The molecule has 0 saturated heterocycles. The second-order valence-corrected chi connectivity index (χ2v) is 4.03. The Kier molecular flexibility index (Phi) is 6.52. The highest BCUT2D eigenvalue weighted by molar-refractivity contribution is 8.00. The Morgan fingerprint density at radius 1 is 1.33 bits per heavy atom. The molecule has 0 bridgehead atoms. The molecule has 0 aliphatic heterocycles. The van der Waals surface area contributed by atoms with Crippen LogP contribution in [0.1, 0.15) is 12.8 Å². The van der Waals surface area contributed by atoms with Gasteiger partial charge in [0, 0.05) is 19.2 Å². The van der Waals surface area contributed by atoms with Crippen LogP contribution in [0, 0.1) is 0 Å². The van der Waals surface area contributed by atoms with E-state index in [0.29, 0.717) is 5.75 Å². The van der Waals surface area contributed by atoms with E-state index in [-0.39, 0.29) is 12.3 Å². The van der Waals surface area contributed by atoms with E-state index in [0.717, 1.165) is 11.8 Å². The Morgan fingerprint density at radius 2 is 1.93 bits per heavy atom. The molecule has 0 aromatic rings. The summed E-state index contributed by atoms with van der Waals surface area (Å²) in [6.07, 6.45) is -0.252. The summed E-state index contributed by atoms with van der Waals surface area (Å²) in [6.45, 7) is 0. The van der Waals surface area contributed by atoms with Gasteiger partial charge in [0.1, 0.15) is 5.25 Å². The molecule has 15 heavy (non-hydrogen) atoms. The summed E-state index contributed by atoms with van der Waals surface area (Å²) < 4.78 is 0. The Labute approximate surface area is 91.0 Å². The Hall–Kier alpha value is -1.24. The lowest BCUT2D eigenvalue weighted by atomic mass is 10.3. The number of carbonyl (C=O) groups excluding carboxylic acids is 1. The van der Waals surface area contributed by atoms with E-state index in [2.05, 4.69) is 5.32 Å². The predicted molar refractivity (Wildman–Crippen MR) is 54.8 cm³/mol. The van der Waals surface area contributed by atoms with Crippen molar-refractivity contribution in [3.63, 3.8) is 0 Å². The van der Waals surface area contributed by atoms with Crippen LogP contribution >= 0.6 is 11.8 Å². The normalized spacial score (nSPS) is 11.8. The average Bonchev–Trinajstić information content (AvgIpc) is 2.15. The molecule has 1 unspecified atom stereocenters. The molecule has 86 valence electrons. The zero-order valence-electron chi connectivity index (χ0n) is 8.23. The highest BCUT2D eigenvalue weighted by Gasteiger charge is 2.21. The number of carboxylic acids is 2.